The molecule has 0 radical (unpaired) electrons. The molecular formula is C6H6BrI. The Morgan fingerprint density at radius 1 is 1.00 bits per heavy atom. The Balaban J connectivity index is 0.000000490. The first-order valence-electron chi connectivity index (χ1n) is 2.10. The van der Waals surface area contributed by atoms with Crippen molar-refractivity contribution >= 4 is 39.9 Å². The monoisotopic (exact) mass is 284 g/mol. The van der Waals surface area contributed by atoms with E-state index in [0.29, 0.717) is 0 Å². The Morgan fingerprint density at radius 3 is 1.75 bits per heavy atom. The zero-order valence-corrected chi connectivity index (χ0v) is 8.09. The van der Waals surface area contributed by atoms with E-state index in [1.807, 2.05) is 30.3 Å². The maximum Gasteiger partial charge on any atom is 0.0175 e. The van der Waals surface area contributed by atoms with Crippen LogP contribution in [0.4, 0.5) is 0 Å². The lowest BCUT2D eigenvalue weighted by atomic mass is 10.4. The predicted octanol–water partition coefficient (Wildman–Crippen LogP) is 3.07. The van der Waals surface area contributed by atoms with Gasteiger partial charge in [0, 0.05) is 4.47 Å². The molecule has 0 aliphatic rings. The summed E-state index contributed by atoms with van der Waals surface area (Å²) in [4.78, 5) is 0. The molecule has 1 aromatic carbocycles. The van der Waals surface area contributed by atoms with E-state index < -0.39 is 0 Å². The largest absolute Gasteiger partial charge is 0.107 e. The molecule has 0 saturated heterocycles. The van der Waals surface area contributed by atoms with E-state index in [1.54, 1.807) is 0 Å². The molecule has 0 heterocycles. The molecular weight excluding hydrogens is 279 g/mol. The van der Waals surface area contributed by atoms with Gasteiger partial charge in [0.2, 0.25) is 0 Å². The second-order valence-corrected chi connectivity index (χ2v) is 2.21. The summed E-state index contributed by atoms with van der Waals surface area (Å²) < 4.78 is 1.13. The van der Waals surface area contributed by atoms with Crippen molar-refractivity contribution in [2.45, 2.75) is 0 Å². The van der Waals surface area contributed by atoms with Crippen LogP contribution in [0.2, 0.25) is 0 Å². The van der Waals surface area contributed by atoms with Crippen LogP contribution in [0.5, 0.6) is 0 Å². The van der Waals surface area contributed by atoms with E-state index in [4.69, 9.17) is 0 Å². The third-order valence-corrected chi connectivity index (χ3v) is 1.26. The van der Waals surface area contributed by atoms with Gasteiger partial charge in [0.15, 0.2) is 0 Å². The van der Waals surface area contributed by atoms with Gasteiger partial charge >= 0.3 is 0 Å². The molecule has 0 aromatic heterocycles. The van der Waals surface area contributed by atoms with E-state index in [-0.39, 0.29) is 24.0 Å². The highest BCUT2D eigenvalue weighted by Crippen LogP contribution is 2.05. The summed E-state index contributed by atoms with van der Waals surface area (Å²) >= 11 is 3.31. The Hall–Kier alpha value is 0.430. The minimum Gasteiger partial charge on any atom is -0.107 e. The molecule has 0 fully saturated rings. The fraction of sp³-hybridized carbons (Fsp3) is 0. The van der Waals surface area contributed by atoms with E-state index in [1.165, 1.54) is 0 Å². The summed E-state index contributed by atoms with van der Waals surface area (Å²) in [5, 5.41) is 0. The van der Waals surface area contributed by atoms with Gasteiger partial charge in [0.1, 0.15) is 0 Å². The topological polar surface area (TPSA) is 0 Å². The first kappa shape index (κ1) is 8.43. The molecule has 0 atom stereocenters. The van der Waals surface area contributed by atoms with Gasteiger partial charge in [0.25, 0.3) is 0 Å². The lowest BCUT2D eigenvalue weighted by Gasteiger charge is -1.80. The summed E-state index contributed by atoms with van der Waals surface area (Å²) in [6.45, 7) is 0. The highest BCUT2D eigenvalue weighted by atomic mass is 127. The molecule has 44 valence electrons. The fourth-order valence-corrected chi connectivity index (χ4v) is 0.720. The van der Waals surface area contributed by atoms with Gasteiger partial charge < -0.3 is 0 Å². The summed E-state index contributed by atoms with van der Waals surface area (Å²) in [6.07, 6.45) is 0. The highest BCUT2D eigenvalue weighted by molar-refractivity contribution is 14.0. The van der Waals surface area contributed by atoms with Crippen LogP contribution in [-0.4, -0.2) is 0 Å². The van der Waals surface area contributed by atoms with Crippen LogP contribution in [0.3, 0.4) is 0 Å². The number of benzene rings is 1. The van der Waals surface area contributed by atoms with Crippen molar-refractivity contribution in [3.8, 4) is 0 Å². The highest BCUT2D eigenvalue weighted by Gasteiger charge is 1.74. The standard InChI is InChI=1S/C6H5Br.HI/c7-6-4-2-1-3-5-6;/h1-5H;1H. The third kappa shape index (κ3) is 2.67. The van der Waals surface area contributed by atoms with Gasteiger partial charge in [0.05, 0.1) is 0 Å². The van der Waals surface area contributed by atoms with Crippen LogP contribution in [-0.2, 0) is 0 Å². The molecule has 0 nitrogen and oxygen atoms in total. The maximum absolute atomic E-state index is 3.31. The van der Waals surface area contributed by atoms with Crippen molar-refractivity contribution in [3.63, 3.8) is 0 Å². The van der Waals surface area contributed by atoms with E-state index in [9.17, 15) is 0 Å². The summed E-state index contributed by atoms with van der Waals surface area (Å²) in [5.41, 5.74) is 0. The second kappa shape index (κ2) is 4.32. The minimum absolute atomic E-state index is 0. The average Bonchev–Trinajstić information content (AvgIpc) is 1.69. The molecule has 0 aliphatic carbocycles. The normalized spacial score (nSPS) is 7.62. The van der Waals surface area contributed by atoms with Gasteiger partial charge in [-0.15, -0.1) is 24.0 Å². The van der Waals surface area contributed by atoms with Crippen molar-refractivity contribution < 1.29 is 0 Å². The molecule has 0 saturated carbocycles. The first-order valence-corrected chi connectivity index (χ1v) is 2.89. The van der Waals surface area contributed by atoms with Crippen molar-refractivity contribution in [3.05, 3.63) is 34.8 Å². The summed E-state index contributed by atoms with van der Waals surface area (Å²) in [7, 11) is 0. The zero-order valence-electron chi connectivity index (χ0n) is 4.17. The zero-order chi connectivity index (χ0) is 5.11. The molecule has 0 unspecified atom stereocenters. The Kier molecular flexibility index (Phi) is 4.56. The summed E-state index contributed by atoms with van der Waals surface area (Å²) in [6, 6.07) is 9.97. The Labute approximate surface area is 74.4 Å². The third-order valence-electron chi connectivity index (χ3n) is 0.733. The van der Waals surface area contributed by atoms with E-state index in [2.05, 4.69) is 15.9 Å². The molecule has 1 rings (SSSR count). The fourth-order valence-electron chi connectivity index (χ4n) is 0.415. The molecule has 2 heteroatoms. The van der Waals surface area contributed by atoms with Crippen LogP contribution in [0.15, 0.2) is 34.8 Å². The maximum atomic E-state index is 3.31. The van der Waals surface area contributed by atoms with Gasteiger partial charge in [-0.1, -0.05) is 34.1 Å². The lowest BCUT2D eigenvalue weighted by molar-refractivity contribution is 1.66. The molecule has 0 aliphatic heterocycles. The van der Waals surface area contributed by atoms with Crippen molar-refractivity contribution in [2.24, 2.45) is 0 Å². The molecule has 0 spiro atoms. The van der Waals surface area contributed by atoms with Gasteiger partial charge in [-0.25, -0.2) is 0 Å². The van der Waals surface area contributed by atoms with Gasteiger partial charge in [-0.2, -0.15) is 0 Å². The first-order chi connectivity index (χ1) is 3.39. The second-order valence-electron chi connectivity index (χ2n) is 1.30. The molecule has 8 heavy (non-hydrogen) atoms. The molecule has 0 N–H and O–H groups in total. The van der Waals surface area contributed by atoms with Crippen molar-refractivity contribution in [2.75, 3.05) is 0 Å². The lowest BCUT2D eigenvalue weighted by Crippen LogP contribution is -1.55. The average molecular weight is 285 g/mol. The number of hydrogen-bond donors (Lipinski definition) is 0. The smallest absolute Gasteiger partial charge is 0.0175 e. The van der Waals surface area contributed by atoms with Crippen LogP contribution < -0.4 is 0 Å². The molecule has 0 bridgehead atoms. The molecule has 1 aromatic rings. The number of rotatable bonds is 0. The quantitative estimate of drug-likeness (QED) is 0.643. The van der Waals surface area contributed by atoms with Gasteiger partial charge in [-0.3, -0.25) is 0 Å². The Bertz CT molecular complexity index is 138. The van der Waals surface area contributed by atoms with Crippen molar-refractivity contribution in [1.82, 2.24) is 0 Å². The van der Waals surface area contributed by atoms with Crippen LogP contribution in [0.25, 0.3) is 0 Å². The van der Waals surface area contributed by atoms with Crippen LogP contribution in [0, 0.1) is 0 Å². The summed E-state index contributed by atoms with van der Waals surface area (Å²) in [5.74, 6) is 0. The molecule has 0 amide bonds. The number of hydrogen-bond acceptors (Lipinski definition) is 0. The van der Waals surface area contributed by atoms with Gasteiger partial charge in [-0.05, 0) is 12.1 Å². The predicted molar refractivity (Wildman–Crippen MR) is 49.6 cm³/mol. The van der Waals surface area contributed by atoms with E-state index in [0.717, 1.165) is 4.47 Å². The number of halogens is 2. The Morgan fingerprint density at radius 2 is 1.50 bits per heavy atom. The van der Waals surface area contributed by atoms with E-state index >= 15 is 0 Å². The van der Waals surface area contributed by atoms with Crippen LogP contribution in [0.1, 0.15) is 0 Å². The minimum atomic E-state index is 0. The van der Waals surface area contributed by atoms with Crippen LogP contribution >= 0.6 is 39.9 Å². The SMILES string of the molecule is Brc1ccccc1.I. The van der Waals surface area contributed by atoms with Crippen molar-refractivity contribution in [1.29, 1.82) is 0 Å².